The number of pyridine rings is 1. The Labute approximate surface area is 135 Å². The number of aromatic nitrogens is 1. The van der Waals surface area contributed by atoms with Gasteiger partial charge >= 0.3 is 0 Å². The standard InChI is InChI=1S/C16H11BrFNO2S/c17-12-2-8-16-11(9-12)1-5-14(19-16)10-22(20,21)15-6-3-13(18)4-7-15/h1-9H,10H2. The quantitative estimate of drug-likeness (QED) is 0.643. The summed E-state index contributed by atoms with van der Waals surface area (Å²) in [7, 11) is -3.55. The molecule has 0 amide bonds. The van der Waals surface area contributed by atoms with Gasteiger partial charge in [-0.2, -0.15) is 0 Å². The van der Waals surface area contributed by atoms with Gasteiger partial charge in [0.2, 0.25) is 0 Å². The molecule has 0 aliphatic rings. The van der Waals surface area contributed by atoms with E-state index in [2.05, 4.69) is 20.9 Å². The normalized spacial score (nSPS) is 11.7. The maximum atomic E-state index is 12.9. The lowest BCUT2D eigenvalue weighted by Gasteiger charge is -2.06. The van der Waals surface area contributed by atoms with Crippen molar-refractivity contribution in [3.05, 3.63) is 70.6 Å². The van der Waals surface area contributed by atoms with Crippen LogP contribution in [0.3, 0.4) is 0 Å². The predicted molar refractivity (Wildman–Crippen MR) is 86.7 cm³/mol. The monoisotopic (exact) mass is 379 g/mol. The van der Waals surface area contributed by atoms with Crippen LogP contribution in [-0.4, -0.2) is 13.4 Å². The van der Waals surface area contributed by atoms with Crippen molar-refractivity contribution in [3.8, 4) is 0 Å². The smallest absolute Gasteiger partial charge is 0.184 e. The molecule has 2 aromatic carbocycles. The van der Waals surface area contributed by atoms with Crippen molar-refractivity contribution in [2.45, 2.75) is 10.6 Å². The summed E-state index contributed by atoms with van der Waals surface area (Å²) in [6, 6.07) is 13.9. The molecule has 22 heavy (non-hydrogen) atoms. The molecule has 0 N–H and O–H groups in total. The van der Waals surface area contributed by atoms with E-state index >= 15 is 0 Å². The van der Waals surface area contributed by atoms with Crippen molar-refractivity contribution >= 4 is 36.7 Å². The molecule has 0 saturated heterocycles. The Morgan fingerprint density at radius 2 is 1.73 bits per heavy atom. The van der Waals surface area contributed by atoms with E-state index in [0.717, 1.165) is 27.5 Å². The minimum absolute atomic E-state index is 0.0894. The number of fused-ring (bicyclic) bond motifs is 1. The van der Waals surface area contributed by atoms with E-state index in [0.29, 0.717) is 5.69 Å². The highest BCUT2D eigenvalue weighted by Gasteiger charge is 2.16. The van der Waals surface area contributed by atoms with Gasteiger partial charge in [-0.25, -0.2) is 12.8 Å². The molecule has 0 saturated carbocycles. The molecule has 0 unspecified atom stereocenters. The average Bonchev–Trinajstić information content (AvgIpc) is 2.47. The molecule has 6 heteroatoms. The van der Waals surface area contributed by atoms with Gasteiger partial charge in [0, 0.05) is 9.86 Å². The Balaban J connectivity index is 1.95. The largest absolute Gasteiger partial charge is 0.252 e. The maximum absolute atomic E-state index is 12.9. The minimum Gasteiger partial charge on any atom is -0.252 e. The summed E-state index contributed by atoms with van der Waals surface area (Å²) in [6.45, 7) is 0. The van der Waals surface area contributed by atoms with Crippen LogP contribution in [0.15, 0.2) is 64.0 Å². The van der Waals surface area contributed by atoms with Crippen molar-refractivity contribution in [3.63, 3.8) is 0 Å². The summed E-state index contributed by atoms with van der Waals surface area (Å²) in [6.07, 6.45) is 0. The third-order valence-electron chi connectivity index (χ3n) is 3.22. The lowest BCUT2D eigenvalue weighted by Crippen LogP contribution is -2.06. The van der Waals surface area contributed by atoms with Gasteiger partial charge < -0.3 is 0 Å². The van der Waals surface area contributed by atoms with Crippen molar-refractivity contribution in [1.82, 2.24) is 4.98 Å². The lowest BCUT2D eigenvalue weighted by molar-refractivity contribution is 0.593. The van der Waals surface area contributed by atoms with E-state index in [1.165, 1.54) is 12.1 Å². The molecule has 0 fully saturated rings. The zero-order chi connectivity index (χ0) is 15.7. The van der Waals surface area contributed by atoms with E-state index < -0.39 is 15.7 Å². The zero-order valence-corrected chi connectivity index (χ0v) is 13.7. The molecule has 3 nitrogen and oxygen atoms in total. The number of benzene rings is 2. The molecule has 0 aliphatic heterocycles. The Kier molecular flexibility index (Phi) is 3.97. The van der Waals surface area contributed by atoms with Gasteiger partial charge in [0.15, 0.2) is 9.84 Å². The fourth-order valence-corrected chi connectivity index (χ4v) is 3.79. The molecule has 0 atom stereocenters. The third-order valence-corrected chi connectivity index (χ3v) is 5.38. The number of rotatable bonds is 3. The van der Waals surface area contributed by atoms with Crippen LogP contribution in [0, 0.1) is 5.82 Å². The van der Waals surface area contributed by atoms with Crippen LogP contribution < -0.4 is 0 Å². The van der Waals surface area contributed by atoms with Gasteiger partial charge in [-0.05, 0) is 48.5 Å². The molecule has 1 heterocycles. The van der Waals surface area contributed by atoms with Crippen LogP contribution in [-0.2, 0) is 15.6 Å². The van der Waals surface area contributed by atoms with Crippen LogP contribution >= 0.6 is 15.9 Å². The molecule has 1 aromatic heterocycles. The van der Waals surface area contributed by atoms with Crippen molar-refractivity contribution in [2.24, 2.45) is 0 Å². The first-order valence-corrected chi connectivity index (χ1v) is 8.92. The van der Waals surface area contributed by atoms with E-state index in [4.69, 9.17) is 0 Å². The fourth-order valence-electron chi connectivity index (χ4n) is 2.14. The second-order valence-electron chi connectivity index (χ2n) is 4.85. The second-order valence-corrected chi connectivity index (χ2v) is 7.76. The summed E-state index contributed by atoms with van der Waals surface area (Å²) in [5.74, 6) is -0.682. The first-order valence-electron chi connectivity index (χ1n) is 6.47. The zero-order valence-electron chi connectivity index (χ0n) is 11.3. The van der Waals surface area contributed by atoms with E-state index in [1.54, 1.807) is 6.07 Å². The molecular weight excluding hydrogens is 369 g/mol. The van der Waals surface area contributed by atoms with Gasteiger partial charge in [0.05, 0.1) is 21.9 Å². The summed E-state index contributed by atoms with van der Waals surface area (Å²) < 4.78 is 38.5. The minimum atomic E-state index is -3.55. The Morgan fingerprint density at radius 3 is 2.45 bits per heavy atom. The Hall–Kier alpha value is -1.79. The number of sulfone groups is 1. The van der Waals surface area contributed by atoms with Gasteiger partial charge in [0.25, 0.3) is 0 Å². The highest BCUT2D eigenvalue weighted by Crippen LogP contribution is 2.21. The summed E-state index contributed by atoms with van der Waals surface area (Å²) >= 11 is 3.38. The van der Waals surface area contributed by atoms with Crippen LogP contribution in [0.5, 0.6) is 0 Å². The van der Waals surface area contributed by atoms with Gasteiger partial charge in [-0.3, -0.25) is 4.98 Å². The lowest BCUT2D eigenvalue weighted by atomic mass is 10.2. The van der Waals surface area contributed by atoms with Gasteiger partial charge in [-0.1, -0.05) is 22.0 Å². The number of halogens is 2. The van der Waals surface area contributed by atoms with Crippen LogP contribution in [0.25, 0.3) is 10.9 Å². The molecule has 112 valence electrons. The topological polar surface area (TPSA) is 47.0 Å². The Bertz CT molecular complexity index is 940. The van der Waals surface area contributed by atoms with Crippen LogP contribution in [0.1, 0.15) is 5.69 Å². The highest BCUT2D eigenvalue weighted by atomic mass is 79.9. The van der Waals surface area contributed by atoms with E-state index in [9.17, 15) is 12.8 Å². The second kappa shape index (κ2) is 5.78. The molecule has 3 aromatic rings. The summed E-state index contributed by atoms with van der Waals surface area (Å²) in [4.78, 5) is 4.46. The van der Waals surface area contributed by atoms with Crippen LogP contribution in [0.2, 0.25) is 0 Å². The number of nitrogens with zero attached hydrogens (tertiary/aromatic N) is 1. The third kappa shape index (κ3) is 3.18. The Morgan fingerprint density at radius 1 is 1.00 bits per heavy atom. The van der Waals surface area contributed by atoms with Crippen LogP contribution in [0.4, 0.5) is 4.39 Å². The van der Waals surface area contributed by atoms with Crippen molar-refractivity contribution in [1.29, 1.82) is 0 Å². The average molecular weight is 380 g/mol. The number of hydrogen-bond acceptors (Lipinski definition) is 3. The fraction of sp³-hybridized carbons (Fsp3) is 0.0625. The first-order chi connectivity index (χ1) is 10.4. The molecular formula is C16H11BrFNO2S. The molecule has 3 rings (SSSR count). The predicted octanol–water partition coefficient (Wildman–Crippen LogP) is 4.11. The van der Waals surface area contributed by atoms with Gasteiger partial charge in [-0.15, -0.1) is 0 Å². The summed E-state index contributed by atoms with van der Waals surface area (Å²) in [5, 5.41) is 0.928. The SMILES string of the molecule is O=S(=O)(Cc1ccc2cc(Br)ccc2n1)c1ccc(F)cc1. The van der Waals surface area contributed by atoms with Crippen molar-refractivity contribution in [2.75, 3.05) is 0 Å². The van der Waals surface area contributed by atoms with Gasteiger partial charge in [0.1, 0.15) is 5.82 Å². The van der Waals surface area contributed by atoms with E-state index in [1.807, 2.05) is 24.3 Å². The molecule has 0 radical (unpaired) electrons. The molecule has 0 aliphatic carbocycles. The highest BCUT2D eigenvalue weighted by molar-refractivity contribution is 9.10. The first kappa shape index (κ1) is 15.1. The molecule has 0 spiro atoms. The molecule has 0 bridgehead atoms. The number of hydrogen-bond donors (Lipinski definition) is 0. The summed E-state index contributed by atoms with van der Waals surface area (Å²) in [5.41, 5.74) is 1.19. The van der Waals surface area contributed by atoms with E-state index in [-0.39, 0.29) is 10.6 Å². The maximum Gasteiger partial charge on any atom is 0.184 e. The van der Waals surface area contributed by atoms with Crippen molar-refractivity contribution < 1.29 is 12.8 Å².